The number of hydrogen-bond acceptors (Lipinski definition) is 6. The van der Waals surface area contributed by atoms with E-state index in [9.17, 15) is 14.7 Å². The summed E-state index contributed by atoms with van der Waals surface area (Å²) in [5.74, 6) is -0.102. The lowest BCUT2D eigenvalue weighted by molar-refractivity contribution is -0.136. The van der Waals surface area contributed by atoms with Crippen LogP contribution in [0.4, 0.5) is 4.79 Å². The number of aryl methyl sites for hydroxylation is 1. The number of carbonyl (C=O) groups is 2. The van der Waals surface area contributed by atoms with E-state index in [0.717, 1.165) is 29.5 Å². The van der Waals surface area contributed by atoms with E-state index in [4.69, 9.17) is 16.7 Å². The lowest BCUT2D eigenvalue weighted by atomic mass is 9.72. The Hall–Kier alpha value is -3.50. The van der Waals surface area contributed by atoms with Crippen LogP contribution in [0.25, 0.3) is 11.1 Å². The number of tetrazole rings is 1. The van der Waals surface area contributed by atoms with Crippen molar-refractivity contribution in [3.8, 4) is 11.1 Å². The van der Waals surface area contributed by atoms with Gasteiger partial charge in [-0.05, 0) is 54.9 Å². The van der Waals surface area contributed by atoms with Gasteiger partial charge >= 0.3 is 6.09 Å². The highest BCUT2D eigenvalue weighted by Gasteiger charge is 2.43. The van der Waals surface area contributed by atoms with Gasteiger partial charge in [0.25, 0.3) is 0 Å². The van der Waals surface area contributed by atoms with E-state index in [1.165, 1.54) is 0 Å². The van der Waals surface area contributed by atoms with Crippen LogP contribution in [0.2, 0.25) is 5.02 Å². The van der Waals surface area contributed by atoms with E-state index in [2.05, 4.69) is 45.0 Å². The number of hydrogen-bond donors (Lipinski definition) is 4. The van der Waals surface area contributed by atoms with Crippen molar-refractivity contribution < 1.29 is 19.8 Å². The second kappa shape index (κ2) is 12.4. The predicted molar refractivity (Wildman–Crippen MR) is 143 cm³/mol. The summed E-state index contributed by atoms with van der Waals surface area (Å²) in [6.45, 7) is 3.21. The molecule has 38 heavy (non-hydrogen) atoms. The second-order valence-corrected chi connectivity index (χ2v) is 10.1. The molecule has 0 aliphatic carbocycles. The Labute approximate surface area is 226 Å². The van der Waals surface area contributed by atoms with Crippen LogP contribution < -0.4 is 5.32 Å². The van der Waals surface area contributed by atoms with Crippen molar-refractivity contribution >= 4 is 23.6 Å². The molecule has 0 bridgehead atoms. The molecule has 2 amide bonds. The van der Waals surface area contributed by atoms with Crippen molar-refractivity contribution in [2.75, 3.05) is 19.6 Å². The fraction of sp³-hybridized carbons (Fsp3) is 0.444. The number of nitrogens with one attached hydrogen (secondary N) is 2. The van der Waals surface area contributed by atoms with Crippen LogP contribution in [0.3, 0.4) is 0 Å². The van der Waals surface area contributed by atoms with Gasteiger partial charge in [0.05, 0.1) is 12.0 Å². The topological polar surface area (TPSA) is 144 Å². The van der Waals surface area contributed by atoms with Crippen molar-refractivity contribution in [3.63, 3.8) is 0 Å². The van der Waals surface area contributed by atoms with Crippen molar-refractivity contribution in [2.24, 2.45) is 5.92 Å². The smallest absolute Gasteiger partial charge is 0.404 e. The van der Waals surface area contributed by atoms with Gasteiger partial charge in [-0.1, -0.05) is 60.1 Å². The van der Waals surface area contributed by atoms with Crippen molar-refractivity contribution in [1.29, 1.82) is 0 Å². The van der Waals surface area contributed by atoms with Crippen LogP contribution >= 0.6 is 11.6 Å². The van der Waals surface area contributed by atoms with Crippen molar-refractivity contribution in [1.82, 2.24) is 30.8 Å². The summed E-state index contributed by atoms with van der Waals surface area (Å²) < 4.78 is 0. The molecular formula is C27H33ClN6O4. The van der Waals surface area contributed by atoms with E-state index in [-0.39, 0.29) is 24.8 Å². The first-order valence-electron chi connectivity index (χ1n) is 12.9. The fourth-order valence-corrected chi connectivity index (χ4v) is 5.62. The van der Waals surface area contributed by atoms with E-state index < -0.39 is 11.7 Å². The molecule has 10 nitrogen and oxygen atoms in total. The Morgan fingerprint density at radius 2 is 2.08 bits per heavy atom. The molecular weight excluding hydrogens is 508 g/mol. The van der Waals surface area contributed by atoms with Gasteiger partial charge < -0.3 is 20.4 Å². The maximum atomic E-state index is 13.0. The van der Waals surface area contributed by atoms with E-state index in [1.54, 1.807) is 4.90 Å². The number of likely N-dealkylation sites (tertiary alicyclic amines) is 1. The molecule has 4 rings (SSSR count). The number of rotatable bonds is 10. The molecule has 1 aliphatic heterocycles. The monoisotopic (exact) mass is 540 g/mol. The van der Waals surface area contributed by atoms with Gasteiger partial charge in [-0.3, -0.25) is 4.79 Å². The average Bonchev–Trinajstić information content (AvgIpc) is 3.44. The van der Waals surface area contributed by atoms with Crippen molar-refractivity contribution in [2.45, 2.75) is 51.0 Å². The lowest BCUT2D eigenvalue weighted by Gasteiger charge is -2.43. The fourth-order valence-electron chi connectivity index (χ4n) is 5.33. The number of benzene rings is 2. The molecule has 1 aliphatic rings. The number of aliphatic hydroxyl groups is 1. The van der Waals surface area contributed by atoms with Gasteiger partial charge in [0.2, 0.25) is 5.91 Å². The summed E-state index contributed by atoms with van der Waals surface area (Å²) in [6.07, 6.45) is 1.91. The minimum absolute atomic E-state index is 0.0242. The number of aromatic nitrogens is 4. The minimum atomic E-state index is -1.35. The van der Waals surface area contributed by atoms with Crippen molar-refractivity contribution in [3.05, 3.63) is 64.4 Å². The number of carboxylic acid groups (broad SMARTS) is 1. The maximum absolute atomic E-state index is 13.0. The van der Waals surface area contributed by atoms with Crippen LogP contribution in [0, 0.1) is 5.92 Å². The molecule has 11 heteroatoms. The van der Waals surface area contributed by atoms with Crippen LogP contribution in [0.15, 0.2) is 42.5 Å². The highest BCUT2D eigenvalue weighted by molar-refractivity contribution is 6.33. The largest absolute Gasteiger partial charge is 0.465 e. The summed E-state index contributed by atoms with van der Waals surface area (Å²) in [6, 6.07) is 13.6. The Morgan fingerprint density at radius 1 is 1.26 bits per heavy atom. The predicted octanol–water partition coefficient (Wildman–Crippen LogP) is 3.80. The molecule has 4 N–H and O–H groups in total. The van der Waals surface area contributed by atoms with Gasteiger partial charge in [-0.25, -0.2) is 4.79 Å². The molecule has 2 aromatic carbocycles. The third-order valence-electron chi connectivity index (χ3n) is 7.26. The zero-order valence-corrected chi connectivity index (χ0v) is 22.1. The van der Waals surface area contributed by atoms with E-state index in [1.807, 2.05) is 30.3 Å². The minimum Gasteiger partial charge on any atom is -0.465 e. The molecule has 3 aromatic rings. The molecule has 1 fully saturated rings. The van der Waals surface area contributed by atoms with E-state index in [0.29, 0.717) is 48.8 Å². The maximum Gasteiger partial charge on any atom is 0.404 e. The zero-order valence-electron chi connectivity index (χ0n) is 21.4. The number of halogens is 1. The summed E-state index contributed by atoms with van der Waals surface area (Å²) in [4.78, 5) is 25.8. The molecule has 1 aromatic heterocycles. The quantitative estimate of drug-likeness (QED) is 0.286. The summed E-state index contributed by atoms with van der Waals surface area (Å²) in [5, 5.41) is 38.1. The van der Waals surface area contributed by atoms with Gasteiger partial charge in [0.15, 0.2) is 5.82 Å². The third-order valence-corrected chi connectivity index (χ3v) is 7.58. The first-order valence-corrected chi connectivity index (χ1v) is 13.3. The first-order chi connectivity index (χ1) is 18.3. The Kier molecular flexibility index (Phi) is 8.96. The average molecular weight is 541 g/mol. The SMILES string of the molecule is CCc1cccc(-c2c(Cl)cccc2C(O)(CCCNC(=O)O)C2CCCN(C(=O)Cc3nn[nH]n3)C2)c1. The normalized spacial score (nSPS) is 17.1. The van der Waals surface area contributed by atoms with Gasteiger partial charge in [-0.15, -0.1) is 10.2 Å². The molecule has 0 spiro atoms. The highest BCUT2D eigenvalue weighted by atomic mass is 35.5. The summed E-state index contributed by atoms with van der Waals surface area (Å²) in [5.41, 5.74) is 2.15. The van der Waals surface area contributed by atoms with E-state index >= 15 is 0 Å². The second-order valence-electron chi connectivity index (χ2n) is 9.66. The molecule has 2 atom stereocenters. The third kappa shape index (κ3) is 6.31. The Bertz CT molecular complexity index is 1250. The number of carbonyl (C=O) groups excluding carboxylic acids is 1. The Balaban J connectivity index is 1.69. The standard InChI is InChI=1S/C27H33ClN6O4/c1-2-18-7-3-8-19(15-18)25-21(10-4-11-22(25)28)27(38,12-6-13-29-26(36)37)20-9-5-14-34(17-20)24(35)16-23-30-32-33-31-23/h3-4,7-8,10-11,15,20,29,38H,2,5-6,9,12-14,16-17H2,1H3,(H,36,37)(H,30,31,32,33). The lowest BCUT2D eigenvalue weighted by Crippen LogP contribution is -2.49. The highest BCUT2D eigenvalue weighted by Crippen LogP contribution is 2.45. The molecule has 0 radical (unpaired) electrons. The number of aromatic amines is 1. The summed E-state index contributed by atoms with van der Waals surface area (Å²) in [7, 11) is 0. The van der Waals surface area contributed by atoms with Crippen LogP contribution in [0.1, 0.15) is 49.6 Å². The van der Waals surface area contributed by atoms with Gasteiger partial charge in [0.1, 0.15) is 0 Å². The molecule has 2 heterocycles. The zero-order chi connectivity index (χ0) is 27.1. The Morgan fingerprint density at radius 3 is 2.82 bits per heavy atom. The number of amides is 2. The van der Waals surface area contributed by atoms with Crippen LogP contribution in [-0.2, 0) is 23.2 Å². The summed E-state index contributed by atoms with van der Waals surface area (Å²) >= 11 is 6.78. The van der Waals surface area contributed by atoms with Crippen LogP contribution in [-0.4, -0.2) is 67.4 Å². The molecule has 0 saturated carbocycles. The molecule has 202 valence electrons. The number of nitrogens with zero attached hydrogens (tertiary/aromatic N) is 4. The number of H-pyrrole nitrogens is 1. The number of piperidine rings is 1. The van der Waals surface area contributed by atoms with Crippen LogP contribution in [0.5, 0.6) is 0 Å². The van der Waals surface area contributed by atoms with Gasteiger partial charge in [0, 0.05) is 36.1 Å². The molecule has 2 unspecified atom stereocenters. The first kappa shape index (κ1) is 27.5. The molecule has 1 saturated heterocycles. The van der Waals surface area contributed by atoms with Gasteiger partial charge in [-0.2, -0.15) is 5.21 Å².